The van der Waals surface area contributed by atoms with Gasteiger partial charge in [0.1, 0.15) is 11.5 Å². The third-order valence-corrected chi connectivity index (χ3v) is 3.40. The summed E-state index contributed by atoms with van der Waals surface area (Å²) in [5, 5.41) is 0. The molecule has 0 aromatic rings. The smallest absolute Gasteiger partial charge is 0.410 e. The zero-order valence-electron chi connectivity index (χ0n) is 13.0. The maximum atomic E-state index is 12.0. The Morgan fingerprint density at radius 2 is 2.00 bits per heavy atom. The fourth-order valence-electron chi connectivity index (χ4n) is 2.44. The standard InChI is InChI=1S/C14H25ClN2O3/c1-10(2)17(12(18)8-15)11-6-7-16(9-11)13(19)20-14(3,4)5/h10-11H,6-9H2,1-5H3/t11-/m1/s1. The van der Waals surface area contributed by atoms with Crippen molar-refractivity contribution in [3.05, 3.63) is 0 Å². The SMILES string of the molecule is CC(C)N(C(=O)CCl)[C@@H]1CCN(C(=O)OC(C)(C)C)C1. The summed E-state index contributed by atoms with van der Waals surface area (Å²) in [6.45, 7) is 10.6. The molecule has 0 aromatic heterocycles. The molecule has 5 nitrogen and oxygen atoms in total. The summed E-state index contributed by atoms with van der Waals surface area (Å²) in [5.74, 6) is -0.112. The number of carbonyl (C=O) groups excluding carboxylic acids is 2. The van der Waals surface area contributed by atoms with Crippen LogP contribution < -0.4 is 0 Å². The number of halogens is 1. The molecular weight excluding hydrogens is 280 g/mol. The number of nitrogens with zero attached hydrogens (tertiary/aromatic N) is 2. The van der Waals surface area contributed by atoms with Crippen LogP contribution in [0.2, 0.25) is 0 Å². The minimum atomic E-state index is -0.501. The second kappa shape index (κ2) is 6.66. The van der Waals surface area contributed by atoms with Gasteiger partial charge in [0.25, 0.3) is 0 Å². The van der Waals surface area contributed by atoms with E-state index in [0.29, 0.717) is 13.1 Å². The van der Waals surface area contributed by atoms with Crippen molar-refractivity contribution in [1.82, 2.24) is 9.80 Å². The van der Waals surface area contributed by atoms with Crippen LogP contribution in [-0.4, -0.2) is 58.5 Å². The molecule has 0 unspecified atom stereocenters. The topological polar surface area (TPSA) is 49.9 Å². The maximum Gasteiger partial charge on any atom is 0.410 e. The molecule has 1 aliphatic heterocycles. The second-order valence-electron chi connectivity index (χ2n) is 6.40. The fraction of sp³-hybridized carbons (Fsp3) is 0.857. The molecule has 6 heteroatoms. The van der Waals surface area contributed by atoms with Gasteiger partial charge in [-0.25, -0.2) is 4.79 Å². The van der Waals surface area contributed by atoms with E-state index in [9.17, 15) is 9.59 Å². The molecule has 1 heterocycles. The Bertz CT molecular complexity index is 366. The predicted molar refractivity (Wildman–Crippen MR) is 78.9 cm³/mol. The van der Waals surface area contributed by atoms with Gasteiger partial charge in [0.05, 0.1) is 6.04 Å². The van der Waals surface area contributed by atoms with E-state index < -0.39 is 5.60 Å². The molecule has 1 aliphatic rings. The molecule has 0 aromatic carbocycles. The Morgan fingerprint density at radius 3 is 2.45 bits per heavy atom. The van der Waals surface area contributed by atoms with Crippen molar-refractivity contribution in [3.63, 3.8) is 0 Å². The Balaban J connectivity index is 2.66. The third-order valence-electron chi connectivity index (χ3n) is 3.17. The number of alkyl halides is 1. The molecular formula is C14H25ClN2O3. The third kappa shape index (κ3) is 4.54. The van der Waals surface area contributed by atoms with Crippen LogP contribution in [0.3, 0.4) is 0 Å². The first-order valence-electron chi connectivity index (χ1n) is 7.00. The molecule has 1 fully saturated rings. The summed E-state index contributed by atoms with van der Waals surface area (Å²) in [6, 6.07) is 0.0959. The van der Waals surface area contributed by atoms with Crippen molar-refractivity contribution in [2.45, 2.75) is 58.7 Å². The van der Waals surface area contributed by atoms with E-state index in [1.165, 1.54) is 0 Å². The molecule has 0 spiro atoms. The zero-order chi connectivity index (χ0) is 15.5. The summed E-state index contributed by atoms with van der Waals surface area (Å²) < 4.78 is 5.35. The summed E-state index contributed by atoms with van der Waals surface area (Å²) in [5.41, 5.74) is -0.501. The average molecular weight is 305 g/mol. The van der Waals surface area contributed by atoms with Crippen LogP contribution in [0.25, 0.3) is 0 Å². The Kier molecular flexibility index (Phi) is 5.68. The van der Waals surface area contributed by atoms with Gasteiger partial charge < -0.3 is 14.5 Å². The largest absolute Gasteiger partial charge is 0.444 e. The number of hydrogen-bond acceptors (Lipinski definition) is 3. The van der Waals surface area contributed by atoms with E-state index in [1.807, 2.05) is 34.6 Å². The first kappa shape index (κ1) is 17.1. The van der Waals surface area contributed by atoms with E-state index >= 15 is 0 Å². The van der Waals surface area contributed by atoms with Crippen LogP contribution >= 0.6 is 11.6 Å². The van der Waals surface area contributed by atoms with Gasteiger partial charge in [0.15, 0.2) is 0 Å². The van der Waals surface area contributed by atoms with Crippen LogP contribution in [0.5, 0.6) is 0 Å². The van der Waals surface area contributed by atoms with Gasteiger partial charge in [-0.2, -0.15) is 0 Å². The molecule has 0 N–H and O–H groups in total. The van der Waals surface area contributed by atoms with Crippen molar-refractivity contribution < 1.29 is 14.3 Å². The molecule has 0 radical (unpaired) electrons. The highest BCUT2D eigenvalue weighted by molar-refractivity contribution is 6.27. The summed E-state index contributed by atoms with van der Waals surface area (Å²) in [6.07, 6.45) is 0.446. The van der Waals surface area contributed by atoms with Crippen LogP contribution in [0, 0.1) is 0 Å². The van der Waals surface area contributed by atoms with E-state index in [-0.39, 0.29) is 30.0 Å². The van der Waals surface area contributed by atoms with Gasteiger partial charge in [-0.3, -0.25) is 4.79 Å². The maximum absolute atomic E-state index is 12.0. The first-order valence-corrected chi connectivity index (χ1v) is 7.54. The first-order chi connectivity index (χ1) is 9.15. The van der Waals surface area contributed by atoms with Crippen molar-refractivity contribution >= 4 is 23.6 Å². The van der Waals surface area contributed by atoms with Crippen molar-refractivity contribution in [1.29, 1.82) is 0 Å². The molecule has 2 amide bonds. The summed E-state index contributed by atoms with van der Waals surface area (Å²) in [7, 11) is 0. The van der Waals surface area contributed by atoms with Crippen LogP contribution in [0.4, 0.5) is 4.79 Å². The number of hydrogen-bond donors (Lipinski definition) is 0. The molecule has 1 rings (SSSR count). The van der Waals surface area contributed by atoms with Crippen molar-refractivity contribution in [3.8, 4) is 0 Å². The average Bonchev–Trinajstić information content (AvgIpc) is 2.75. The van der Waals surface area contributed by atoms with Crippen molar-refractivity contribution in [2.24, 2.45) is 0 Å². The summed E-state index contributed by atoms with van der Waals surface area (Å²) in [4.78, 5) is 27.4. The van der Waals surface area contributed by atoms with E-state index in [2.05, 4.69) is 0 Å². The van der Waals surface area contributed by atoms with Crippen LogP contribution in [-0.2, 0) is 9.53 Å². The highest BCUT2D eigenvalue weighted by atomic mass is 35.5. The Labute approximate surface area is 126 Å². The van der Waals surface area contributed by atoms with Crippen LogP contribution in [0.15, 0.2) is 0 Å². The zero-order valence-corrected chi connectivity index (χ0v) is 13.7. The minimum Gasteiger partial charge on any atom is -0.444 e. The van der Waals surface area contributed by atoms with Gasteiger partial charge in [0.2, 0.25) is 5.91 Å². The molecule has 0 aliphatic carbocycles. The molecule has 116 valence electrons. The van der Waals surface area contributed by atoms with Gasteiger partial charge >= 0.3 is 6.09 Å². The lowest BCUT2D eigenvalue weighted by Gasteiger charge is -2.32. The minimum absolute atomic E-state index is 0.0220. The highest BCUT2D eigenvalue weighted by Gasteiger charge is 2.35. The fourth-order valence-corrected chi connectivity index (χ4v) is 2.58. The lowest BCUT2D eigenvalue weighted by atomic mass is 10.1. The number of likely N-dealkylation sites (tertiary alicyclic amines) is 1. The molecule has 20 heavy (non-hydrogen) atoms. The Hall–Kier alpha value is -0.970. The normalized spacial score (nSPS) is 19.4. The van der Waals surface area contributed by atoms with E-state index in [4.69, 9.17) is 16.3 Å². The van der Waals surface area contributed by atoms with Gasteiger partial charge in [0, 0.05) is 19.1 Å². The number of ether oxygens (including phenoxy) is 1. The second-order valence-corrected chi connectivity index (χ2v) is 6.66. The predicted octanol–water partition coefficient (Wildman–Crippen LogP) is 2.47. The molecule has 1 saturated heterocycles. The molecule has 0 saturated carbocycles. The number of amides is 2. The van der Waals surface area contributed by atoms with E-state index in [1.54, 1.807) is 9.80 Å². The Morgan fingerprint density at radius 1 is 1.40 bits per heavy atom. The number of rotatable bonds is 3. The lowest BCUT2D eigenvalue weighted by Crippen LogP contribution is -2.47. The quantitative estimate of drug-likeness (QED) is 0.753. The molecule has 0 bridgehead atoms. The van der Waals surface area contributed by atoms with Gasteiger partial charge in [-0.1, -0.05) is 0 Å². The number of carbonyl (C=O) groups is 2. The van der Waals surface area contributed by atoms with Crippen LogP contribution in [0.1, 0.15) is 41.0 Å². The highest BCUT2D eigenvalue weighted by Crippen LogP contribution is 2.21. The van der Waals surface area contributed by atoms with Gasteiger partial charge in [-0.15, -0.1) is 11.6 Å². The monoisotopic (exact) mass is 304 g/mol. The molecule has 1 atom stereocenters. The lowest BCUT2D eigenvalue weighted by molar-refractivity contribution is -0.132. The van der Waals surface area contributed by atoms with E-state index in [0.717, 1.165) is 6.42 Å². The summed E-state index contributed by atoms with van der Waals surface area (Å²) >= 11 is 5.66. The van der Waals surface area contributed by atoms with Crippen molar-refractivity contribution in [2.75, 3.05) is 19.0 Å². The van der Waals surface area contributed by atoms with Gasteiger partial charge in [-0.05, 0) is 41.0 Å².